The van der Waals surface area contributed by atoms with Crippen LogP contribution in [0.2, 0.25) is 5.04 Å². The third kappa shape index (κ3) is 4.06. The summed E-state index contributed by atoms with van der Waals surface area (Å²) in [5.74, 6) is 0.836. The van der Waals surface area contributed by atoms with Crippen molar-refractivity contribution in [2.45, 2.75) is 32.2 Å². The summed E-state index contributed by atoms with van der Waals surface area (Å²) in [5, 5.41) is 11.6. The number of aliphatic carboxylic acids is 1. The summed E-state index contributed by atoms with van der Waals surface area (Å²) in [6.45, 7) is 6.59. The lowest BCUT2D eigenvalue weighted by atomic mass is 10.1. The van der Waals surface area contributed by atoms with Crippen molar-refractivity contribution in [2.24, 2.45) is 5.92 Å². The van der Waals surface area contributed by atoms with Crippen LogP contribution < -0.4 is 10.4 Å². The van der Waals surface area contributed by atoms with Gasteiger partial charge in [0.15, 0.2) is 0 Å². The molecule has 0 amide bonds. The lowest BCUT2D eigenvalue weighted by molar-refractivity contribution is -0.142. The summed E-state index contributed by atoms with van der Waals surface area (Å²) in [4.78, 5) is 11.6. The predicted octanol–water partition coefficient (Wildman–Crippen LogP) is 3.29. The van der Waals surface area contributed by atoms with Crippen LogP contribution in [0.5, 0.6) is 0 Å². The molecule has 0 saturated heterocycles. The van der Waals surface area contributed by atoms with Gasteiger partial charge in [0.2, 0.25) is 0 Å². The van der Waals surface area contributed by atoms with E-state index in [2.05, 4.69) is 51.0 Å². The Kier molecular flexibility index (Phi) is 6.41. The smallest absolute Gasteiger partial charge is 0.309 e. The van der Waals surface area contributed by atoms with Gasteiger partial charge in [-0.1, -0.05) is 81.4 Å². The van der Waals surface area contributed by atoms with Crippen LogP contribution >= 0.6 is 0 Å². The molecule has 0 radical (unpaired) electrons. The van der Waals surface area contributed by atoms with E-state index in [9.17, 15) is 9.90 Å². The normalized spacial score (nSPS) is 13.0. The molecular formula is C22H26O3Si. The van der Waals surface area contributed by atoms with Crippen molar-refractivity contribution in [1.29, 1.82) is 0 Å². The van der Waals surface area contributed by atoms with Crippen LogP contribution in [-0.4, -0.2) is 26.0 Å². The third-order valence-electron chi connectivity index (χ3n) is 4.63. The van der Waals surface area contributed by atoms with Crippen LogP contribution in [0.3, 0.4) is 0 Å². The molecule has 0 aliphatic heterocycles. The van der Waals surface area contributed by atoms with Gasteiger partial charge in [0.1, 0.15) is 0 Å². The van der Waals surface area contributed by atoms with Gasteiger partial charge in [-0.25, -0.2) is 0 Å². The maximum absolute atomic E-state index is 11.6. The van der Waals surface area contributed by atoms with Crippen molar-refractivity contribution in [3.05, 3.63) is 60.7 Å². The molecule has 0 heterocycles. The lowest BCUT2D eigenvalue weighted by Crippen LogP contribution is -2.67. The average Bonchev–Trinajstić information content (AvgIpc) is 2.61. The summed E-state index contributed by atoms with van der Waals surface area (Å²) in [7, 11) is -2.72. The van der Waals surface area contributed by atoms with Gasteiger partial charge in [0.05, 0.1) is 5.92 Å². The molecule has 3 nitrogen and oxygen atoms in total. The van der Waals surface area contributed by atoms with E-state index in [1.54, 1.807) is 0 Å². The molecule has 0 aromatic heterocycles. The minimum atomic E-state index is -2.72. The van der Waals surface area contributed by atoms with Crippen LogP contribution in [-0.2, 0) is 9.22 Å². The molecule has 0 fully saturated rings. The number of carbonyl (C=O) groups is 1. The van der Waals surface area contributed by atoms with E-state index in [1.807, 2.05) is 36.4 Å². The highest BCUT2D eigenvalue weighted by Crippen LogP contribution is 2.37. The molecule has 0 saturated carbocycles. The monoisotopic (exact) mass is 366 g/mol. The van der Waals surface area contributed by atoms with Crippen molar-refractivity contribution in [3.8, 4) is 12.3 Å². The summed E-state index contributed by atoms with van der Waals surface area (Å²) in [5.41, 5.74) is 0. The maximum atomic E-state index is 11.6. The summed E-state index contributed by atoms with van der Waals surface area (Å²) < 4.78 is 6.60. The second-order valence-electron chi connectivity index (χ2n) is 7.42. The van der Waals surface area contributed by atoms with E-state index in [4.69, 9.17) is 10.8 Å². The molecule has 1 unspecified atom stereocenters. The van der Waals surface area contributed by atoms with Crippen molar-refractivity contribution in [3.63, 3.8) is 0 Å². The van der Waals surface area contributed by atoms with Gasteiger partial charge in [-0.2, -0.15) is 0 Å². The van der Waals surface area contributed by atoms with Crippen LogP contribution in [0.15, 0.2) is 60.7 Å². The zero-order chi connectivity index (χ0) is 19.2. The fraction of sp³-hybridized carbons (Fsp3) is 0.318. The Bertz CT molecular complexity index is 718. The first kappa shape index (κ1) is 20.0. The van der Waals surface area contributed by atoms with Gasteiger partial charge in [0, 0.05) is 13.0 Å². The second kappa shape index (κ2) is 8.35. The quantitative estimate of drug-likeness (QED) is 0.604. The minimum Gasteiger partial charge on any atom is -0.481 e. The predicted molar refractivity (Wildman–Crippen MR) is 108 cm³/mol. The van der Waals surface area contributed by atoms with Gasteiger partial charge >= 0.3 is 5.97 Å². The van der Waals surface area contributed by atoms with Gasteiger partial charge < -0.3 is 9.53 Å². The highest BCUT2D eigenvalue weighted by molar-refractivity contribution is 6.99. The van der Waals surface area contributed by atoms with Crippen LogP contribution in [0.1, 0.15) is 27.2 Å². The molecule has 136 valence electrons. The molecular weight excluding hydrogens is 340 g/mol. The van der Waals surface area contributed by atoms with E-state index in [0.717, 1.165) is 10.4 Å². The number of carboxylic acid groups (broad SMARTS) is 1. The Morgan fingerprint density at radius 2 is 1.54 bits per heavy atom. The van der Waals surface area contributed by atoms with Gasteiger partial charge in [-0.15, -0.1) is 12.3 Å². The molecule has 26 heavy (non-hydrogen) atoms. The fourth-order valence-corrected chi connectivity index (χ4v) is 7.95. The average molecular weight is 367 g/mol. The molecule has 0 spiro atoms. The minimum absolute atomic E-state index is 0.104. The molecule has 2 aromatic carbocycles. The summed E-state index contributed by atoms with van der Waals surface area (Å²) in [6, 6.07) is 20.3. The van der Waals surface area contributed by atoms with E-state index in [1.165, 1.54) is 0 Å². The fourth-order valence-electron chi connectivity index (χ4n) is 3.35. The SMILES string of the molecule is C#CCC(CO[Si](c1ccccc1)(c1ccccc1)C(C)(C)C)C(=O)O. The van der Waals surface area contributed by atoms with Gasteiger partial charge in [-0.3, -0.25) is 4.79 Å². The van der Waals surface area contributed by atoms with Gasteiger partial charge in [-0.05, 0) is 15.4 Å². The second-order valence-corrected chi connectivity index (χ2v) is 11.7. The summed E-state index contributed by atoms with van der Waals surface area (Å²) in [6.07, 6.45) is 5.52. The number of hydrogen-bond donors (Lipinski definition) is 1. The first-order chi connectivity index (χ1) is 12.3. The Morgan fingerprint density at radius 1 is 1.08 bits per heavy atom. The third-order valence-corrected chi connectivity index (χ3v) is 9.64. The van der Waals surface area contributed by atoms with Crippen LogP contribution in [0.4, 0.5) is 0 Å². The molecule has 0 bridgehead atoms. The Morgan fingerprint density at radius 3 is 1.88 bits per heavy atom. The van der Waals surface area contributed by atoms with E-state index in [0.29, 0.717) is 0 Å². The molecule has 2 aromatic rings. The van der Waals surface area contributed by atoms with Crippen LogP contribution in [0.25, 0.3) is 0 Å². The van der Waals surface area contributed by atoms with E-state index >= 15 is 0 Å². The first-order valence-electron chi connectivity index (χ1n) is 8.74. The highest BCUT2D eigenvalue weighted by Gasteiger charge is 2.50. The number of hydrogen-bond acceptors (Lipinski definition) is 2. The maximum Gasteiger partial charge on any atom is 0.309 e. The first-order valence-corrected chi connectivity index (χ1v) is 10.6. The van der Waals surface area contributed by atoms with Crippen molar-refractivity contribution in [2.75, 3.05) is 6.61 Å². The molecule has 0 aliphatic rings. The molecule has 2 rings (SSSR count). The Labute approximate surface area is 157 Å². The van der Waals surface area contributed by atoms with Crippen molar-refractivity contribution in [1.82, 2.24) is 0 Å². The summed E-state index contributed by atoms with van der Waals surface area (Å²) >= 11 is 0. The van der Waals surface area contributed by atoms with Crippen LogP contribution in [0, 0.1) is 18.3 Å². The number of terminal acetylenes is 1. The van der Waals surface area contributed by atoms with Crippen molar-refractivity contribution < 1.29 is 14.3 Å². The number of benzene rings is 2. The van der Waals surface area contributed by atoms with E-state index < -0.39 is 20.2 Å². The molecule has 0 aliphatic carbocycles. The Hall–Kier alpha value is -2.35. The zero-order valence-corrected chi connectivity index (χ0v) is 16.6. The van der Waals surface area contributed by atoms with Gasteiger partial charge in [0.25, 0.3) is 8.32 Å². The molecule has 1 atom stereocenters. The largest absolute Gasteiger partial charge is 0.481 e. The topological polar surface area (TPSA) is 46.5 Å². The Balaban J connectivity index is 2.57. The van der Waals surface area contributed by atoms with Crippen molar-refractivity contribution >= 4 is 24.7 Å². The molecule has 1 N–H and O–H groups in total. The van der Waals surface area contributed by atoms with E-state index in [-0.39, 0.29) is 18.1 Å². The number of carboxylic acids is 1. The lowest BCUT2D eigenvalue weighted by Gasteiger charge is -2.43. The highest BCUT2D eigenvalue weighted by atomic mass is 28.4. The zero-order valence-electron chi connectivity index (χ0n) is 15.6. The standard InChI is InChI=1S/C22H26O3Si/c1-5-12-18(21(23)24)17-25-26(22(2,3)4,19-13-8-6-9-14-19)20-15-10-7-11-16-20/h1,6-11,13-16,18H,12,17H2,2-4H3,(H,23,24). The number of rotatable bonds is 7. The molecule has 4 heteroatoms.